The molecule has 0 aliphatic carbocycles. The van der Waals surface area contributed by atoms with E-state index in [4.69, 9.17) is 10.5 Å². The van der Waals surface area contributed by atoms with Crippen molar-refractivity contribution >= 4 is 29.5 Å². The lowest BCUT2D eigenvalue weighted by Crippen LogP contribution is -2.53. The summed E-state index contributed by atoms with van der Waals surface area (Å²) in [5, 5.41) is 16.3. The van der Waals surface area contributed by atoms with Crippen LogP contribution < -0.4 is 16.4 Å². The van der Waals surface area contributed by atoms with Crippen molar-refractivity contribution in [3.05, 3.63) is 58.7 Å². The number of alkyl carbamates (subject to hydrolysis) is 1. The molecule has 0 saturated carbocycles. The minimum Gasteiger partial charge on any atom is -0.507 e. The lowest BCUT2D eigenvalue weighted by atomic mass is 9.98. The van der Waals surface area contributed by atoms with E-state index in [1.807, 2.05) is 39.0 Å². The number of phenols is 1. The highest BCUT2D eigenvalue weighted by Crippen LogP contribution is 2.34. The molecule has 39 heavy (non-hydrogen) atoms. The fraction of sp³-hybridized carbons (Fsp3) is 0.448. The highest BCUT2D eigenvalue weighted by atomic mass is 16.6. The summed E-state index contributed by atoms with van der Waals surface area (Å²) >= 11 is 0. The molecule has 2 atom stereocenters. The number of benzene rings is 2. The topological polar surface area (TPSA) is 151 Å². The van der Waals surface area contributed by atoms with E-state index in [-0.39, 0.29) is 17.9 Å². The van der Waals surface area contributed by atoms with E-state index in [9.17, 15) is 24.3 Å². The first kappa shape index (κ1) is 31.1. The van der Waals surface area contributed by atoms with Gasteiger partial charge in [0, 0.05) is 17.8 Å². The number of ether oxygens (including phenoxy) is 1. The molecule has 212 valence electrons. The first-order valence-electron chi connectivity index (χ1n) is 12.9. The van der Waals surface area contributed by atoms with Crippen LogP contribution >= 0.6 is 0 Å². The predicted octanol–water partition coefficient (Wildman–Crippen LogP) is 4.00. The highest BCUT2D eigenvalue weighted by Gasteiger charge is 2.38. The molecule has 10 heteroatoms. The van der Waals surface area contributed by atoms with Gasteiger partial charge in [0.15, 0.2) is 0 Å². The lowest BCUT2D eigenvalue weighted by molar-refractivity contribution is -0.142. The monoisotopic (exact) mass is 540 g/mol. The van der Waals surface area contributed by atoms with Crippen molar-refractivity contribution in [1.29, 1.82) is 0 Å². The van der Waals surface area contributed by atoms with Gasteiger partial charge in [0.05, 0.1) is 6.42 Å². The van der Waals surface area contributed by atoms with Crippen molar-refractivity contribution in [3.8, 4) is 5.75 Å². The number of rotatable bonds is 10. The molecule has 5 N–H and O–H groups in total. The normalized spacial score (nSPS) is 12.7. The first-order valence-corrected chi connectivity index (χ1v) is 12.9. The number of nitrogens with one attached hydrogen (secondary N) is 2. The number of primary amides is 1. The maximum atomic E-state index is 14.0. The van der Waals surface area contributed by atoms with E-state index in [2.05, 4.69) is 10.6 Å². The van der Waals surface area contributed by atoms with Gasteiger partial charge in [0.1, 0.15) is 23.4 Å². The second-order valence-electron chi connectivity index (χ2n) is 10.6. The van der Waals surface area contributed by atoms with Crippen LogP contribution in [0.15, 0.2) is 36.4 Å². The summed E-state index contributed by atoms with van der Waals surface area (Å²) in [4.78, 5) is 53.6. The van der Waals surface area contributed by atoms with Gasteiger partial charge in [-0.05, 0) is 64.7 Å². The zero-order chi connectivity index (χ0) is 29.5. The number of nitrogens with zero attached hydrogens (tertiary/aromatic N) is 1. The number of para-hydroxylation sites is 2. The van der Waals surface area contributed by atoms with Crippen LogP contribution in [0.2, 0.25) is 0 Å². The Morgan fingerprint density at radius 2 is 1.56 bits per heavy atom. The number of hydrogen-bond donors (Lipinski definition) is 4. The standard InChI is InChI=1S/C29H40N4O6/c1-8-15-33(27(37)21(16-22(30)34)31-28(38)39-29(5,6)7)24(20-14-10-13-19(4)25(20)35)26(36)32-23-17(2)11-9-12-18(23)3/h9-14,21,24,35H,8,15-16H2,1-7H3,(H2,30,34)(H,31,38)(H,32,36). The smallest absolute Gasteiger partial charge is 0.408 e. The Kier molecular flexibility index (Phi) is 10.5. The highest BCUT2D eigenvalue weighted by molar-refractivity contribution is 6.01. The number of aryl methyl sites for hydroxylation is 3. The molecule has 2 rings (SSSR count). The Labute approximate surface area is 229 Å². The van der Waals surface area contributed by atoms with Gasteiger partial charge in [-0.25, -0.2) is 4.79 Å². The van der Waals surface area contributed by atoms with E-state index in [1.165, 1.54) is 4.90 Å². The van der Waals surface area contributed by atoms with Crippen molar-refractivity contribution in [2.24, 2.45) is 5.73 Å². The molecule has 0 radical (unpaired) electrons. The minimum absolute atomic E-state index is 0.0856. The Balaban J connectivity index is 2.61. The van der Waals surface area contributed by atoms with Crippen molar-refractivity contribution in [2.75, 3.05) is 11.9 Å². The number of anilines is 1. The van der Waals surface area contributed by atoms with Gasteiger partial charge < -0.3 is 31.1 Å². The molecule has 2 aromatic carbocycles. The number of amides is 4. The minimum atomic E-state index is -1.40. The van der Waals surface area contributed by atoms with E-state index in [0.29, 0.717) is 17.7 Å². The summed E-state index contributed by atoms with van der Waals surface area (Å²) in [6.07, 6.45) is -0.974. The van der Waals surface area contributed by atoms with Crippen LogP contribution in [-0.4, -0.2) is 52.0 Å². The van der Waals surface area contributed by atoms with Crippen molar-refractivity contribution in [3.63, 3.8) is 0 Å². The van der Waals surface area contributed by atoms with Gasteiger partial charge in [-0.3, -0.25) is 14.4 Å². The summed E-state index contributed by atoms with van der Waals surface area (Å²) in [6.45, 7) is 12.3. The van der Waals surface area contributed by atoms with Gasteiger partial charge in [-0.1, -0.05) is 43.3 Å². The molecule has 10 nitrogen and oxygen atoms in total. The van der Waals surface area contributed by atoms with E-state index in [1.54, 1.807) is 45.9 Å². The van der Waals surface area contributed by atoms with Gasteiger partial charge in [-0.15, -0.1) is 0 Å². The van der Waals surface area contributed by atoms with Crippen LogP contribution in [0.3, 0.4) is 0 Å². The number of carbonyl (C=O) groups excluding carboxylic acids is 4. The van der Waals surface area contributed by atoms with Crippen LogP contribution in [0.5, 0.6) is 5.75 Å². The number of phenolic OH excluding ortho intramolecular Hbond substituents is 1. The number of nitrogens with two attached hydrogens (primary N) is 1. The summed E-state index contributed by atoms with van der Waals surface area (Å²) in [5.41, 5.74) is 7.51. The molecular formula is C29H40N4O6. The van der Waals surface area contributed by atoms with Crippen LogP contribution in [-0.2, 0) is 19.1 Å². The van der Waals surface area contributed by atoms with Gasteiger partial charge >= 0.3 is 6.09 Å². The van der Waals surface area contributed by atoms with Gasteiger partial charge in [-0.2, -0.15) is 0 Å². The van der Waals surface area contributed by atoms with E-state index in [0.717, 1.165) is 11.1 Å². The zero-order valence-corrected chi connectivity index (χ0v) is 23.8. The molecule has 0 aromatic heterocycles. The summed E-state index contributed by atoms with van der Waals surface area (Å²) in [6, 6.07) is 7.82. The number of hydrogen-bond acceptors (Lipinski definition) is 6. The fourth-order valence-electron chi connectivity index (χ4n) is 4.21. The molecule has 0 bridgehead atoms. The largest absolute Gasteiger partial charge is 0.507 e. The van der Waals surface area contributed by atoms with Gasteiger partial charge in [0.25, 0.3) is 5.91 Å². The molecule has 0 fully saturated rings. The summed E-state index contributed by atoms with van der Waals surface area (Å²) in [7, 11) is 0. The molecule has 0 saturated heterocycles. The maximum Gasteiger partial charge on any atom is 0.408 e. The Morgan fingerprint density at radius 1 is 1.00 bits per heavy atom. The van der Waals surface area contributed by atoms with E-state index < -0.39 is 47.9 Å². The molecule has 0 spiro atoms. The number of aromatic hydroxyl groups is 1. The van der Waals surface area contributed by atoms with E-state index >= 15 is 0 Å². The molecule has 0 heterocycles. The second-order valence-corrected chi connectivity index (χ2v) is 10.6. The Morgan fingerprint density at radius 3 is 2.10 bits per heavy atom. The zero-order valence-electron chi connectivity index (χ0n) is 23.8. The van der Waals surface area contributed by atoms with Crippen LogP contribution in [0, 0.1) is 20.8 Å². The van der Waals surface area contributed by atoms with Crippen LogP contribution in [0.1, 0.15) is 68.8 Å². The SMILES string of the molecule is CCCN(C(=O)C(CC(N)=O)NC(=O)OC(C)(C)C)C(C(=O)Nc1c(C)cccc1C)c1cccc(C)c1O. The van der Waals surface area contributed by atoms with Gasteiger partial charge in [0.2, 0.25) is 11.8 Å². The molecular weight excluding hydrogens is 500 g/mol. The third-order valence-corrected chi connectivity index (χ3v) is 5.99. The Hall–Kier alpha value is -4.08. The predicted molar refractivity (Wildman–Crippen MR) is 149 cm³/mol. The van der Waals surface area contributed by atoms with Crippen molar-refractivity contribution in [1.82, 2.24) is 10.2 Å². The molecule has 2 unspecified atom stereocenters. The first-order chi connectivity index (χ1) is 18.2. The van der Waals surface area contributed by atoms with Crippen molar-refractivity contribution in [2.45, 2.75) is 79.0 Å². The average Bonchev–Trinajstić information content (AvgIpc) is 2.81. The van der Waals surface area contributed by atoms with Crippen LogP contribution in [0.25, 0.3) is 0 Å². The average molecular weight is 541 g/mol. The maximum absolute atomic E-state index is 14.0. The molecule has 2 aromatic rings. The Bertz CT molecular complexity index is 1200. The molecule has 4 amide bonds. The fourth-order valence-corrected chi connectivity index (χ4v) is 4.21. The second kappa shape index (κ2) is 13.1. The van der Waals surface area contributed by atoms with Crippen molar-refractivity contribution < 1.29 is 29.0 Å². The third-order valence-electron chi connectivity index (χ3n) is 5.99. The molecule has 0 aliphatic rings. The summed E-state index contributed by atoms with van der Waals surface area (Å²) in [5.74, 6) is -2.25. The lowest BCUT2D eigenvalue weighted by Gasteiger charge is -2.34. The van der Waals surface area contributed by atoms with Crippen LogP contribution in [0.4, 0.5) is 10.5 Å². The third kappa shape index (κ3) is 8.46. The summed E-state index contributed by atoms with van der Waals surface area (Å²) < 4.78 is 5.28. The number of carbonyl (C=O) groups is 4. The molecule has 0 aliphatic heterocycles. The quantitative estimate of drug-likeness (QED) is 0.358.